The van der Waals surface area contributed by atoms with Gasteiger partial charge in [-0.05, 0) is 49.9 Å². The van der Waals surface area contributed by atoms with Gasteiger partial charge >= 0.3 is 5.97 Å². The van der Waals surface area contributed by atoms with E-state index in [4.69, 9.17) is 0 Å². The molecule has 0 aromatic heterocycles. The second kappa shape index (κ2) is 6.78. The Kier molecular flexibility index (Phi) is 5.27. The van der Waals surface area contributed by atoms with E-state index in [0.29, 0.717) is 24.0 Å². The summed E-state index contributed by atoms with van der Waals surface area (Å²) in [4.78, 5) is 26.4. The third-order valence-electron chi connectivity index (χ3n) is 5.32. The number of hydrogen-bond acceptors (Lipinski definition) is 4. The molecule has 0 heterocycles. The zero-order chi connectivity index (χ0) is 19.0. The van der Waals surface area contributed by atoms with Crippen LogP contribution in [0.1, 0.15) is 53.6 Å². The largest absolute Gasteiger partial charge is 0.479 e. The molecule has 0 atom stereocenters. The highest BCUT2D eigenvalue weighted by molar-refractivity contribution is 7.90. The lowest BCUT2D eigenvalue weighted by Gasteiger charge is -2.41. The van der Waals surface area contributed by atoms with E-state index in [1.165, 1.54) is 24.1 Å². The van der Waals surface area contributed by atoms with Gasteiger partial charge in [0.05, 0.1) is 4.90 Å². The molecule has 25 heavy (non-hydrogen) atoms. The maximum Gasteiger partial charge on any atom is 0.329 e. The highest BCUT2D eigenvalue weighted by Gasteiger charge is 2.45. The van der Waals surface area contributed by atoms with E-state index in [9.17, 15) is 23.1 Å². The fourth-order valence-electron chi connectivity index (χ4n) is 3.47. The molecular formula is C18H25NO5S. The maximum atomic E-state index is 13.1. The summed E-state index contributed by atoms with van der Waals surface area (Å²) in [6.07, 6.45) is 4.38. The molecule has 1 aliphatic rings. The summed E-state index contributed by atoms with van der Waals surface area (Å²) in [5, 5.41) is 9.77. The first-order chi connectivity index (χ1) is 11.5. The third kappa shape index (κ3) is 3.56. The lowest BCUT2D eigenvalue weighted by atomic mass is 9.80. The molecule has 1 aliphatic carbocycles. The highest BCUT2D eigenvalue weighted by Crippen LogP contribution is 2.35. The molecule has 1 amide bonds. The number of aliphatic carboxylic acids is 1. The predicted octanol–water partition coefficient (Wildman–Crippen LogP) is 2.57. The first kappa shape index (κ1) is 19.4. The van der Waals surface area contributed by atoms with Crippen LogP contribution in [-0.2, 0) is 14.6 Å². The van der Waals surface area contributed by atoms with E-state index in [2.05, 4.69) is 0 Å². The first-order valence-corrected chi connectivity index (χ1v) is 10.2. The number of likely N-dealkylation sites (N-methyl/N-ethyl adjacent to an activating group) is 1. The predicted molar refractivity (Wildman–Crippen MR) is 94.6 cm³/mol. The quantitative estimate of drug-likeness (QED) is 0.883. The molecule has 0 bridgehead atoms. The van der Waals surface area contributed by atoms with Crippen LogP contribution >= 0.6 is 0 Å². The van der Waals surface area contributed by atoms with Gasteiger partial charge in [0.25, 0.3) is 5.91 Å². The van der Waals surface area contributed by atoms with Crippen LogP contribution in [-0.4, -0.2) is 49.1 Å². The van der Waals surface area contributed by atoms with Crippen LogP contribution in [0.4, 0.5) is 0 Å². The summed E-state index contributed by atoms with van der Waals surface area (Å²) >= 11 is 0. The summed E-state index contributed by atoms with van der Waals surface area (Å²) in [7, 11) is -1.96. The Morgan fingerprint density at radius 1 is 1.12 bits per heavy atom. The number of carbonyl (C=O) groups excluding carboxylic acids is 1. The molecule has 1 aromatic rings. The van der Waals surface area contributed by atoms with E-state index < -0.39 is 27.3 Å². The zero-order valence-corrected chi connectivity index (χ0v) is 15.9. The van der Waals surface area contributed by atoms with Crippen LogP contribution in [0, 0.1) is 13.8 Å². The smallest absolute Gasteiger partial charge is 0.329 e. The van der Waals surface area contributed by atoms with Crippen LogP contribution in [0.25, 0.3) is 0 Å². The summed E-state index contributed by atoms with van der Waals surface area (Å²) in [5.41, 5.74) is 0.374. The second-order valence-corrected chi connectivity index (χ2v) is 8.96. The molecule has 1 fully saturated rings. The Morgan fingerprint density at radius 3 is 2.16 bits per heavy atom. The van der Waals surface area contributed by atoms with Crippen molar-refractivity contribution in [2.45, 2.75) is 56.4 Å². The van der Waals surface area contributed by atoms with Crippen molar-refractivity contribution in [3.8, 4) is 0 Å². The molecule has 7 heteroatoms. The minimum atomic E-state index is -3.47. The topological polar surface area (TPSA) is 91.8 Å². The van der Waals surface area contributed by atoms with Gasteiger partial charge in [-0.1, -0.05) is 19.3 Å². The number of benzene rings is 1. The van der Waals surface area contributed by atoms with Gasteiger partial charge in [0.15, 0.2) is 9.84 Å². The molecule has 2 rings (SSSR count). The molecule has 0 radical (unpaired) electrons. The Hall–Kier alpha value is -1.89. The number of hydrogen-bond donors (Lipinski definition) is 1. The van der Waals surface area contributed by atoms with Crippen molar-refractivity contribution in [1.29, 1.82) is 0 Å². The van der Waals surface area contributed by atoms with Crippen LogP contribution < -0.4 is 0 Å². The average Bonchev–Trinajstić information content (AvgIpc) is 2.55. The van der Waals surface area contributed by atoms with Gasteiger partial charge in [-0.3, -0.25) is 4.79 Å². The molecule has 0 aliphatic heterocycles. The number of carboxylic acid groups (broad SMARTS) is 1. The monoisotopic (exact) mass is 367 g/mol. The second-order valence-electron chi connectivity index (χ2n) is 6.95. The van der Waals surface area contributed by atoms with E-state index in [-0.39, 0.29) is 10.5 Å². The van der Waals surface area contributed by atoms with Gasteiger partial charge in [-0.2, -0.15) is 0 Å². The number of sulfone groups is 1. The highest BCUT2D eigenvalue weighted by atomic mass is 32.2. The van der Waals surface area contributed by atoms with E-state index in [1.807, 2.05) is 0 Å². The molecular weight excluding hydrogens is 342 g/mol. The van der Waals surface area contributed by atoms with Crippen molar-refractivity contribution < 1.29 is 23.1 Å². The Labute approximate surface area is 148 Å². The molecule has 6 nitrogen and oxygen atoms in total. The zero-order valence-electron chi connectivity index (χ0n) is 15.1. The van der Waals surface area contributed by atoms with Gasteiger partial charge in [-0.25, -0.2) is 13.2 Å². The van der Waals surface area contributed by atoms with Crippen molar-refractivity contribution >= 4 is 21.7 Å². The summed E-state index contributed by atoms with van der Waals surface area (Å²) in [5.74, 6) is -1.45. The molecule has 1 saturated carbocycles. The maximum absolute atomic E-state index is 13.1. The lowest BCUT2D eigenvalue weighted by molar-refractivity contribution is -0.151. The number of aryl methyl sites for hydroxylation is 1. The number of carboxylic acids is 1. The van der Waals surface area contributed by atoms with Crippen LogP contribution in [0.15, 0.2) is 17.0 Å². The Morgan fingerprint density at radius 2 is 1.68 bits per heavy atom. The molecule has 0 unspecified atom stereocenters. The van der Waals surface area contributed by atoms with Gasteiger partial charge in [0.2, 0.25) is 0 Å². The molecule has 138 valence electrons. The van der Waals surface area contributed by atoms with Gasteiger partial charge < -0.3 is 10.0 Å². The van der Waals surface area contributed by atoms with Crippen molar-refractivity contribution in [3.05, 3.63) is 28.8 Å². The van der Waals surface area contributed by atoms with Crippen LogP contribution in [0.5, 0.6) is 0 Å². The Bertz CT molecular complexity index is 807. The standard InChI is InChI=1S/C18H25NO5S/c1-12-10-14(25(4,23)24)11-15(13(12)2)16(20)19(3)18(17(21)22)8-6-5-7-9-18/h10-11H,5-9H2,1-4H3,(H,21,22). The molecule has 1 N–H and O–H groups in total. The van der Waals surface area contributed by atoms with Crippen molar-refractivity contribution in [2.75, 3.05) is 13.3 Å². The van der Waals surface area contributed by atoms with Crippen molar-refractivity contribution in [2.24, 2.45) is 0 Å². The van der Waals surface area contributed by atoms with E-state index >= 15 is 0 Å². The number of carbonyl (C=O) groups is 2. The summed E-state index contributed by atoms with van der Waals surface area (Å²) < 4.78 is 23.8. The van der Waals surface area contributed by atoms with E-state index in [1.54, 1.807) is 13.8 Å². The lowest BCUT2D eigenvalue weighted by Crippen LogP contribution is -2.56. The fraction of sp³-hybridized carbons (Fsp3) is 0.556. The van der Waals surface area contributed by atoms with Gasteiger partial charge in [-0.15, -0.1) is 0 Å². The third-order valence-corrected chi connectivity index (χ3v) is 6.42. The number of rotatable bonds is 4. The number of amides is 1. The van der Waals surface area contributed by atoms with Crippen molar-refractivity contribution in [1.82, 2.24) is 4.90 Å². The minimum absolute atomic E-state index is 0.0698. The van der Waals surface area contributed by atoms with Gasteiger partial charge in [0.1, 0.15) is 5.54 Å². The summed E-state index contributed by atoms with van der Waals surface area (Å²) in [6, 6.07) is 2.89. The minimum Gasteiger partial charge on any atom is -0.479 e. The summed E-state index contributed by atoms with van der Waals surface area (Å²) in [6.45, 7) is 3.49. The SMILES string of the molecule is Cc1cc(S(C)(=O)=O)cc(C(=O)N(C)C2(C(=O)O)CCCCC2)c1C. The van der Waals surface area contributed by atoms with Crippen LogP contribution in [0.3, 0.4) is 0 Å². The molecule has 1 aromatic carbocycles. The number of nitrogens with zero attached hydrogens (tertiary/aromatic N) is 1. The van der Waals surface area contributed by atoms with Crippen molar-refractivity contribution in [3.63, 3.8) is 0 Å². The fourth-order valence-corrected chi connectivity index (χ4v) is 4.19. The van der Waals surface area contributed by atoms with Gasteiger partial charge in [0, 0.05) is 18.9 Å². The molecule has 0 saturated heterocycles. The molecule has 0 spiro atoms. The average molecular weight is 367 g/mol. The van der Waals surface area contributed by atoms with Crippen LogP contribution in [0.2, 0.25) is 0 Å². The van der Waals surface area contributed by atoms with E-state index in [0.717, 1.165) is 25.5 Å². The first-order valence-electron chi connectivity index (χ1n) is 8.33. The normalized spacial score (nSPS) is 17.1. The Balaban J connectivity index is 2.52.